The number of halogens is 1. The predicted molar refractivity (Wildman–Crippen MR) is 183 cm³/mol. The molecule has 2 saturated carbocycles. The summed E-state index contributed by atoms with van der Waals surface area (Å²) in [7, 11) is -3.91. The van der Waals surface area contributed by atoms with E-state index in [0.717, 1.165) is 12.8 Å². The molecule has 3 aromatic rings. The molecule has 1 aromatic carbocycles. The first kappa shape index (κ1) is 35.5. The van der Waals surface area contributed by atoms with Crippen molar-refractivity contribution in [3.05, 3.63) is 59.4 Å². The third-order valence-corrected chi connectivity index (χ3v) is 11.9. The predicted octanol–water partition coefficient (Wildman–Crippen LogP) is 2.52. The van der Waals surface area contributed by atoms with Gasteiger partial charge in [0.15, 0.2) is 5.82 Å². The van der Waals surface area contributed by atoms with E-state index in [-0.39, 0.29) is 43.0 Å². The van der Waals surface area contributed by atoms with Crippen molar-refractivity contribution >= 4 is 44.7 Å². The lowest BCUT2D eigenvalue weighted by molar-refractivity contribution is -0.141. The molecule has 2 aromatic heterocycles. The van der Waals surface area contributed by atoms with E-state index in [0.29, 0.717) is 42.6 Å². The molecule has 2 aliphatic carbocycles. The molecule has 17 heteroatoms. The number of rotatable bonds is 7. The van der Waals surface area contributed by atoms with Gasteiger partial charge in [-0.2, -0.15) is 0 Å². The van der Waals surface area contributed by atoms with Crippen molar-refractivity contribution in [3.8, 4) is 5.88 Å². The number of hydrogen-bond donors (Lipinski definition) is 3. The summed E-state index contributed by atoms with van der Waals surface area (Å²) < 4.78 is 53.7. The molecule has 0 spiro atoms. The Balaban J connectivity index is 1.20. The van der Waals surface area contributed by atoms with Crippen LogP contribution < -0.4 is 20.1 Å². The molecule has 0 radical (unpaired) electrons. The number of allylic oxidation sites excluding steroid dienone is 1. The molecule has 52 heavy (non-hydrogen) atoms. The molecule has 4 amide bonds. The lowest BCUT2D eigenvalue weighted by Crippen LogP contribution is -2.58. The highest BCUT2D eigenvalue weighted by Gasteiger charge is 2.62. The molecular formula is C35H40FN7O8S. The van der Waals surface area contributed by atoms with E-state index in [1.807, 2.05) is 12.2 Å². The van der Waals surface area contributed by atoms with Gasteiger partial charge in [0, 0.05) is 18.4 Å². The SMILES string of the molecule is Cc1cc(C(=O)N[C@H]2CCCCC/C=C\[C@@H]3C[C@@]3(C(=O)NS(=O)(=O)C3CC3)NC(=O)[C@@H]3C[C@@H](Oc4nc5c(F)cccc5nc4C)CN3C2=O)on1. The summed E-state index contributed by atoms with van der Waals surface area (Å²) in [4.78, 5) is 65.6. The van der Waals surface area contributed by atoms with Gasteiger partial charge in [0.2, 0.25) is 33.5 Å². The third kappa shape index (κ3) is 7.22. The van der Waals surface area contributed by atoms with E-state index in [1.54, 1.807) is 19.9 Å². The molecule has 0 bridgehead atoms. The molecule has 15 nitrogen and oxygen atoms in total. The van der Waals surface area contributed by atoms with Crippen molar-refractivity contribution < 1.29 is 41.2 Å². The van der Waals surface area contributed by atoms with Crippen LogP contribution in [0.3, 0.4) is 0 Å². The fourth-order valence-corrected chi connectivity index (χ4v) is 8.30. The highest BCUT2D eigenvalue weighted by molar-refractivity contribution is 7.91. The van der Waals surface area contributed by atoms with E-state index < -0.39 is 74.4 Å². The Kier molecular flexibility index (Phi) is 9.48. The van der Waals surface area contributed by atoms with Crippen molar-refractivity contribution in [2.24, 2.45) is 5.92 Å². The van der Waals surface area contributed by atoms with Crippen molar-refractivity contribution in [1.29, 1.82) is 0 Å². The second kappa shape index (κ2) is 13.9. The number of aromatic nitrogens is 3. The van der Waals surface area contributed by atoms with Crippen LogP contribution in [0.25, 0.3) is 11.0 Å². The van der Waals surface area contributed by atoms with Gasteiger partial charge < -0.3 is 24.8 Å². The van der Waals surface area contributed by atoms with Crippen LogP contribution in [0.4, 0.5) is 4.39 Å². The Labute approximate surface area is 299 Å². The maximum atomic E-state index is 14.7. The van der Waals surface area contributed by atoms with E-state index in [2.05, 4.69) is 30.5 Å². The number of carbonyl (C=O) groups excluding carboxylic acids is 4. The van der Waals surface area contributed by atoms with Crippen molar-refractivity contribution in [2.45, 2.75) is 101 Å². The minimum Gasteiger partial charge on any atom is -0.471 e. The number of hydrogen-bond acceptors (Lipinski definition) is 11. The van der Waals surface area contributed by atoms with Gasteiger partial charge in [0.1, 0.15) is 34.9 Å². The van der Waals surface area contributed by atoms with Gasteiger partial charge in [-0.1, -0.05) is 36.2 Å². The zero-order chi connectivity index (χ0) is 36.8. The molecule has 276 valence electrons. The summed E-state index contributed by atoms with van der Waals surface area (Å²) in [5.74, 6) is -3.82. The molecule has 1 saturated heterocycles. The quantitative estimate of drug-likeness (QED) is 0.301. The van der Waals surface area contributed by atoms with Crippen LogP contribution in [0.15, 0.2) is 40.9 Å². The summed E-state index contributed by atoms with van der Waals surface area (Å²) in [5, 5.41) is 8.69. The fourth-order valence-electron chi connectivity index (χ4n) is 6.93. The maximum absolute atomic E-state index is 14.7. The first-order valence-electron chi connectivity index (χ1n) is 17.5. The average molecular weight is 738 g/mol. The number of carbonyl (C=O) groups is 4. The summed E-state index contributed by atoms with van der Waals surface area (Å²) >= 11 is 0. The van der Waals surface area contributed by atoms with Crippen LogP contribution in [0.5, 0.6) is 5.88 Å². The smallest absolute Gasteiger partial charge is 0.290 e. The van der Waals surface area contributed by atoms with Gasteiger partial charge in [-0.25, -0.2) is 22.8 Å². The van der Waals surface area contributed by atoms with Crippen molar-refractivity contribution in [2.75, 3.05) is 6.54 Å². The molecule has 4 heterocycles. The van der Waals surface area contributed by atoms with Gasteiger partial charge >= 0.3 is 0 Å². The van der Waals surface area contributed by atoms with Gasteiger partial charge in [-0.15, -0.1) is 0 Å². The number of nitrogens with zero attached hydrogens (tertiary/aromatic N) is 4. The minimum atomic E-state index is -3.91. The van der Waals surface area contributed by atoms with E-state index in [4.69, 9.17) is 9.26 Å². The standard InChI is InChI=1S/C35H40FN7O8S/c1-19-15-28(51-41-19)31(45)38-26-11-7-5-3-4-6-9-21-17-35(21,34(47)42-52(48,49)23-13-14-23)40-30(44)27-16-22(18-43(27)33(26)46)50-32-20(2)37-25-12-8-10-24(36)29(25)39-32/h6,8-10,12,15,21-23,26-27H,3-5,7,11,13-14,16-18H2,1-2H3,(H,38,45)(H,40,44)(H,42,47)/b9-6-/t21-,22-,26+,27+,35-/m1/s1. The Morgan fingerprint density at radius 3 is 2.67 bits per heavy atom. The Bertz CT molecular complexity index is 2070. The average Bonchev–Trinajstić information content (AvgIpc) is 3.99. The zero-order valence-electron chi connectivity index (χ0n) is 28.8. The second-order valence-corrected chi connectivity index (χ2v) is 16.0. The second-order valence-electron chi connectivity index (χ2n) is 14.1. The van der Waals surface area contributed by atoms with Crippen LogP contribution in [0.1, 0.15) is 79.7 Å². The van der Waals surface area contributed by atoms with E-state index in [1.165, 1.54) is 23.1 Å². The van der Waals surface area contributed by atoms with Gasteiger partial charge in [0.25, 0.3) is 11.8 Å². The number of benzene rings is 1. The molecule has 3 fully saturated rings. The zero-order valence-corrected chi connectivity index (χ0v) is 29.6. The highest BCUT2D eigenvalue weighted by atomic mass is 32.2. The van der Waals surface area contributed by atoms with Crippen LogP contribution in [-0.4, -0.2) is 87.6 Å². The minimum absolute atomic E-state index is 0.00266. The summed E-state index contributed by atoms with van der Waals surface area (Å²) in [6.45, 7) is 3.19. The van der Waals surface area contributed by atoms with Gasteiger partial charge in [0.05, 0.1) is 23.0 Å². The van der Waals surface area contributed by atoms with Gasteiger partial charge in [-0.3, -0.25) is 23.9 Å². The molecule has 7 rings (SSSR count). The lowest BCUT2D eigenvalue weighted by Gasteiger charge is -2.29. The number of nitrogens with one attached hydrogen (secondary N) is 3. The fraction of sp³-hybridized carbons (Fsp3) is 0.514. The molecule has 0 unspecified atom stereocenters. The highest BCUT2D eigenvalue weighted by Crippen LogP contribution is 2.46. The van der Waals surface area contributed by atoms with E-state index >= 15 is 0 Å². The number of fused-ring (bicyclic) bond motifs is 3. The molecule has 3 N–H and O–H groups in total. The Hall–Kier alpha value is -4.93. The van der Waals surface area contributed by atoms with E-state index in [9.17, 15) is 32.0 Å². The van der Waals surface area contributed by atoms with Crippen LogP contribution >= 0.6 is 0 Å². The monoisotopic (exact) mass is 737 g/mol. The number of sulfonamides is 1. The number of aryl methyl sites for hydroxylation is 2. The summed E-state index contributed by atoms with van der Waals surface area (Å²) in [6.07, 6.45) is 6.95. The van der Waals surface area contributed by atoms with Crippen LogP contribution in [-0.2, 0) is 24.4 Å². The van der Waals surface area contributed by atoms with Crippen molar-refractivity contribution in [3.63, 3.8) is 0 Å². The van der Waals surface area contributed by atoms with Crippen LogP contribution in [0.2, 0.25) is 0 Å². The Morgan fingerprint density at radius 2 is 1.92 bits per heavy atom. The topological polar surface area (TPSA) is 203 Å². The third-order valence-electron chi connectivity index (χ3n) is 10.1. The molecule has 2 aliphatic heterocycles. The molecule has 4 aliphatic rings. The molecule has 5 atom stereocenters. The summed E-state index contributed by atoms with van der Waals surface area (Å²) in [5.41, 5.74) is -0.363. The molecular weight excluding hydrogens is 697 g/mol. The Morgan fingerprint density at radius 1 is 1.12 bits per heavy atom. The maximum Gasteiger partial charge on any atom is 0.290 e. The number of para-hydroxylation sites is 1. The first-order chi connectivity index (χ1) is 24.8. The number of amides is 4. The number of ether oxygens (including phenoxy) is 1. The normalized spacial score (nSPS) is 27.4. The largest absolute Gasteiger partial charge is 0.471 e. The lowest BCUT2D eigenvalue weighted by atomic mass is 10.0. The first-order valence-corrected chi connectivity index (χ1v) is 19.1. The summed E-state index contributed by atoms with van der Waals surface area (Å²) in [6, 6.07) is 3.60. The van der Waals surface area contributed by atoms with Crippen LogP contribution in [0, 0.1) is 25.6 Å². The van der Waals surface area contributed by atoms with Gasteiger partial charge in [-0.05, 0) is 64.5 Å². The van der Waals surface area contributed by atoms with Crippen molar-refractivity contribution in [1.82, 2.24) is 35.4 Å².